The molecular weight excluding hydrogens is 504 g/mol. The fourth-order valence-corrected chi connectivity index (χ4v) is 4.10. The molecule has 1 N–H and O–H groups in total. The van der Waals surface area contributed by atoms with Crippen LogP contribution in [0.25, 0.3) is 0 Å². The molecule has 3 rings (SSSR count). The molecule has 3 aromatic rings. The van der Waals surface area contributed by atoms with Crippen molar-refractivity contribution >= 4 is 23.4 Å². The average Bonchev–Trinajstić information content (AvgIpc) is 2.95. The van der Waals surface area contributed by atoms with Gasteiger partial charge < -0.3 is 24.4 Å². The lowest BCUT2D eigenvalue weighted by Gasteiger charge is -2.31. The number of halogens is 1. The number of hydrogen-bond acceptors (Lipinski definition) is 5. The topological polar surface area (TPSA) is 77.1 Å². The van der Waals surface area contributed by atoms with Gasteiger partial charge in [-0.15, -0.1) is 0 Å². The van der Waals surface area contributed by atoms with Crippen LogP contribution in [-0.2, 0) is 27.3 Å². The van der Waals surface area contributed by atoms with E-state index in [1.807, 2.05) is 61.5 Å². The Hall–Kier alpha value is -3.55. The zero-order valence-electron chi connectivity index (χ0n) is 21.9. The maximum Gasteiger partial charge on any atom is 0.261 e. The van der Waals surface area contributed by atoms with Crippen LogP contribution in [0.5, 0.6) is 11.5 Å². The summed E-state index contributed by atoms with van der Waals surface area (Å²) in [6.07, 6.45) is 1.03. The SMILES string of the molecule is CCOCCCNC(=O)[C@H](Cc1ccccc1)N(Cc1ccc(OC)cc1)C(=O)COc1ccccc1Cl. The molecule has 8 heteroatoms. The number of rotatable bonds is 15. The Bertz CT molecular complexity index is 1140. The van der Waals surface area contributed by atoms with Crippen molar-refractivity contribution in [2.75, 3.05) is 33.5 Å². The number of carbonyl (C=O) groups is 2. The van der Waals surface area contributed by atoms with Crippen LogP contribution in [0.2, 0.25) is 5.02 Å². The Morgan fingerprint density at radius 3 is 2.34 bits per heavy atom. The molecule has 0 heterocycles. The van der Waals surface area contributed by atoms with Gasteiger partial charge in [-0.3, -0.25) is 9.59 Å². The molecule has 1 atom stereocenters. The monoisotopic (exact) mass is 538 g/mol. The van der Waals surface area contributed by atoms with Crippen molar-refractivity contribution in [3.63, 3.8) is 0 Å². The van der Waals surface area contributed by atoms with Gasteiger partial charge in [0, 0.05) is 32.7 Å². The van der Waals surface area contributed by atoms with Crippen LogP contribution in [0.15, 0.2) is 78.9 Å². The van der Waals surface area contributed by atoms with E-state index in [0.717, 1.165) is 11.1 Å². The summed E-state index contributed by atoms with van der Waals surface area (Å²) in [6.45, 7) is 3.52. The second-order valence-corrected chi connectivity index (χ2v) is 9.04. The highest BCUT2D eigenvalue weighted by Gasteiger charge is 2.30. The normalized spacial score (nSPS) is 11.4. The third-order valence-corrected chi connectivity index (χ3v) is 6.25. The van der Waals surface area contributed by atoms with Gasteiger partial charge in [0.25, 0.3) is 5.91 Å². The predicted octanol–water partition coefficient (Wildman–Crippen LogP) is 4.91. The summed E-state index contributed by atoms with van der Waals surface area (Å²) in [6, 6.07) is 23.3. The van der Waals surface area contributed by atoms with Crippen molar-refractivity contribution in [2.24, 2.45) is 0 Å². The highest BCUT2D eigenvalue weighted by molar-refractivity contribution is 6.32. The summed E-state index contributed by atoms with van der Waals surface area (Å²) in [4.78, 5) is 28.7. The number of ether oxygens (including phenoxy) is 3. The summed E-state index contributed by atoms with van der Waals surface area (Å²) in [7, 11) is 1.60. The zero-order chi connectivity index (χ0) is 27.2. The Balaban J connectivity index is 1.86. The van der Waals surface area contributed by atoms with E-state index >= 15 is 0 Å². The molecule has 0 spiro atoms. The van der Waals surface area contributed by atoms with Gasteiger partial charge in [0.05, 0.1) is 12.1 Å². The standard InChI is InChI=1S/C30H35ClN2O5/c1-3-37-19-9-18-32-30(35)27(20-23-10-5-4-6-11-23)33(21-24-14-16-25(36-2)17-15-24)29(34)22-38-28-13-8-7-12-26(28)31/h4-8,10-17,27H,3,9,18-22H2,1-2H3,(H,32,35)/t27-/m0/s1. The Morgan fingerprint density at radius 1 is 0.947 bits per heavy atom. The largest absolute Gasteiger partial charge is 0.497 e. The molecule has 0 unspecified atom stereocenters. The van der Waals surface area contributed by atoms with Crippen molar-refractivity contribution in [1.82, 2.24) is 10.2 Å². The Labute approximate surface area is 229 Å². The summed E-state index contributed by atoms with van der Waals surface area (Å²) in [5.74, 6) is 0.560. The zero-order valence-corrected chi connectivity index (χ0v) is 22.7. The van der Waals surface area contributed by atoms with E-state index in [0.29, 0.717) is 49.1 Å². The first-order chi connectivity index (χ1) is 18.5. The number of carbonyl (C=O) groups excluding carboxylic acids is 2. The van der Waals surface area contributed by atoms with E-state index in [4.69, 9.17) is 25.8 Å². The third-order valence-electron chi connectivity index (χ3n) is 5.94. The number of nitrogens with one attached hydrogen (secondary N) is 1. The Morgan fingerprint density at radius 2 is 1.66 bits per heavy atom. The quantitative estimate of drug-likeness (QED) is 0.278. The molecule has 0 saturated carbocycles. The van der Waals surface area contributed by atoms with Gasteiger partial charge in [0.15, 0.2) is 6.61 Å². The van der Waals surface area contributed by atoms with E-state index in [2.05, 4.69) is 5.32 Å². The molecule has 38 heavy (non-hydrogen) atoms. The van der Waals surface area contributed by atoms with Crippen LogP contribution in [-0.4, -0.2) is 56.2 Å². The van der Waals surface area contributed by atoms with E-state index < -0.39 is 6.04 Å². The lowest BCUT2D eigenvalue weighted by atomic mass is 10.0. The summed E-state index contributed by atoms with van der Waals surface area (Å²) in [5.41, 5.74) is 1.81. The number of benzene rings is 3. The second-order valence-electron chi connectivity index (χ2n) is 8.64. The molecule has 7 nitrogen and oxygen atoms in total. The number of methoxy groups -OCH3 is 1. The van der Waals surface area contributed by atoms with Gasteiger partial charge in [0.1, 0.15) is 17.5 Å². The number of hydrogen-bond donors (Lipinski definition) is 1. The van der Waals surface area contributed by atoms with Gasteiger partial charge in [-0.2, -0.15) is 0 Å². The maximum atomic E-state index is 13.6. The van der Waals surface area contributed by atoms with E-state index in [1.165, 1.54) is 0 Å². The lowest BCUT2D eigenvalue weighted by Crippen LogP contribution is -2.52. The molecule has 0 saturated heterocycles. The van der Waals surface area contributed by atoms with Crippen molar-refractivity contribution in [3.8, 4) is 11.5 Å². The van der Waals surface area contributed by atoms with E-state index in [1.54, 1.807) is 36.3 Å². The Kier molecular flexibility index (Phi) is 11.9. The first-order valence-corrected chi connectivity index (χ1v) is 13.1. The predicted molar refractivity (Wildman–Crippen MR) is 149 cm³/mol. The van der Waals surface area contributed by atoms with Gasteiger partial charge >= 0.3 is 0 Å². The number of amides is 2. The van der Waals surface area contributed by atoms with Crippen LogP contribution in [0.1, 0.15) is 24.5 Å². The van der Waals surface area contributed by atoms with Crippen LogP contribution < -0.4 is 14.8 Å². The summed E-state index contributed by atoms with van der Waals surface area (Å²) in [5, 5.41) is 3.40. The van der Waals surface area contributed by atoms with Gasteiger partial charge in [0.2, 0.25) is 5.91 Å². The van der Waals surface area contributed by atoms with Crippen molar-refractivity contribution in [1.29, 1.82) is 0 Å². The highest BCUT2D eigenvalue weighted by atomic mass is 35.5. The molecule has 202 valence electrons. The average molecular weight is 539 g/mol. The van der Waals surface area contributed by atoms with Crippen molar-refractivity contribution < 1.29 is 23.8 Å². The fraction of sp³-hybridized carbons (Fsp3) is 0.333. The third kappa shape index (κ3) is 9.08. The molecule has 3 aromatic carbocycles. The minimum absolute atomic E-state index is 0.221. The van der Waals surface area contributed by atoms with Gasteiger partial charge in [-0.05, 0) is 48.7 Å². The molecule has 0 aliphatic heterocycles. The molecule has 0 aromatic heterocycles. The van der Waals surface area contributed by atoms with E-state index in [9.17, 15) is 9.59 Å². The first kappa shape index (κ1) is 29.0. The molecule has 0 bridgehead atoms. The molecule has 0 aliphatic carbocycles. The first-order valence-electron chi connectivity index (χ1n) is 12.7. The smallest absolute Gasteiger partial charge is 0.261 e. The minimum atomic E-state index is -0.756. The van der Waals surface area contributed by atoms with Crippen LogP contribution >= 0.6 is 11.6 Å². The molecular formula is C30H35ClN2O5. The van der Waals surface area contributed by atoms with Gasteiger partial charge in [-0.25, -0.2) is 0 Å². The molecule has 0 aliphatic rings. The highest BCUT2D eigenvalue weighted by Crippen LogP contribution is 2.24. The van der Waals surface area contributed by atoms with Crippen molar-refractivity contribution in [3.05, 3.63) is 95.0 Å². The van der Waals surface area contributed by atoms with Crippen LogP contribution in [0.4, 0.5) is 0 Å². The van der Waals surface area contributed by atoms with Gasteiger partial charge in [-0.1, -0.05) is 66.2 Å². The van der Waals surface area contributed by atoms with E-state index in [-0.39, 0.29) is 25.0 Å². The maximum absolute atomic E-state index is 13.6. The number of para-hydroxylation sites is 1. The summed E-state index contributed by atoms with van der Waals surface area (Å²) < 4.78 is 16.4. The van der Waals surface area contributed by atoms with Crippen LogP contribution in [0.3, 0.4) is 0 Å². The van der Waals surface area contributed by atoms with Crippen molar-refractivity contribution in [2.45, 2.75) is 32.4 Å². The summed E-state index contributed by atoms with van der Waals surface area (Å²) >= 11 is 6.22. The second kappa shape index (κ2) is 15.6. The number of nitrogens with zero attached hydrogens (tertiary/aromatic N) is 1. The minimum Gasteiger partial charge on any atom is -0.497 e. The lowest BCUT2D eigenvalue weighted by molar-refractivity contribution is -0.142. The van der Waals surface area contributed by atoms with Crippen LogP contribution in [0, 0.1) is 0 Å². The molecule has 2 amide bonds. The molecule has 0 radical (unpaired) electrons. The fourth-order valence-electron chi connectivity index (χ4n) is 3.91. The molecule has 0 fully saturated rings.